The minimum atomic E-state index is -0.184. The van der Waals surface area contributed by atoms with Gasteiger partial charge in [0.15, 0.2) is 11.0 Å². The molecule has 0 aliphatic rings. The first-order chi connectivity index (χ1) is 15.1. The predicted molar refractivity (Wildman–Crippen MR) is 121 cm³/mol. The molecule has 0 saturated heterocycles. The van der Waals surface area contributed by atoms with Crippen LogP contribution in [-0.2, 0) is 6.42 Å². The third-order valence-electron chi connectivity index (χ3n) is 4.74. The van der Waals surface area contributed by atoms with Crippen LogP contribution in [-0.4, -0.2) is 26.3 Å². The number of nitrogens with zero attached hydrogens (tertiary/aromatic N) is 4. The van der Waals surface area contributed by atoms with Gasteiger partial charge in [0, 0.05) is 6.42 Å². The molecule has 4 rings (SSSR count). The van der Waals surface area contributed by atoms with Gasteiger partial charge in [0.1, 0.15) is 5.75 Å². The fourth-order valence-corrected chi connectivity index (χ4v) is 4.24. The molecule has 0 aliphatic carbocycles. The first kappa shape index (κ1) is 21.1. The van der Waals surface area contributed by atoms with Gasteiger partial charge in [0.05, 0.1) is 28.4 Å². The number of hydrogen-bond acceptors (Lipinski definition) is 7. The first-order valence-electron chi connectivity index (χ1n) is 10.4. The molecule has 0 amide bonds. The molecule has 160 valence electrons. The maximum atomic E-state index is 13.5. The molecule has 2 aromatic carbocycles. The van der Waals surface area contributed by atoms with E-state index in [1.807, 2.05) is 56.3 Å². The average Bonchev–Trinajstić information content (AvgIpc) is 3.24. The summed E-state index contributed by atoms with van der Waals surface area (Å²) in [7, 11) is 0. The van der Waals surface area contributed by atoms with Crippen LogP contribution in [0.15, 0.2) is 63.0 Å². The van der Waals surface area contributed by atoms with Gasteiger partial charge in [-0.05, 0) is 44.5 Å². The quantitative estimate of drug-likeness (QED) is 0.285. The summed E-state index contributed by atoms with van der Waals surface area (Å²) in [6.45, 7) is 6.45. The topological polar surface area (TPSA) is 83.0 Å². The second-order valence-corrected chi connectivity index (χ2v) is 8.32. The molecule has 0 N–H and O–H groups in total. The van der Waals surface area contributed by atoms with Gasteiger partial charge in [-0.15, -0.1) is 0 Å². The number of fused-ring (bicyclic) bond motifs is 1. The van der Waals surface area contributed by atoms with Crippen LogP contribution in [0.25, 0.3) is 16.6 Å². The van der Waals surface area contributed by atoms with E-state index in [0.29, 0.717) is 45.8 Å². The number of para-hydroxylation sites is 3. The van der Waals surface area contributed by atoms with Crippen LogP contribution in [0.2, 0.25) is 0 Å². The molecule has 7 nitrogen and oxygen atoms in total. The number of hydrogen-bond donors (Lipinski definition) is 0. The summed E-state index contributed by atoms with van der Waals surface area (Å²) in [5.74, 6) is 1.83. The highest BCUT2D eigenvalue weighted by molar-refractivity contribution is 7.99. The Labute approximate surface area is 184 Å². The smallest absolute Gasteiger partial charge is 0.266 e. The summed E-state index contributed by atoms with van der Waals surface area (Å²) in [6, 6.07) is 14.8. The molecule has 4 aromatic rings. The largest absolute Gasteiger partial charge is 0.492 e. The molecule has 0 spiro atoms. The van der Waals surface area contributed by atoms with Crippen molar-refractivity contribution in [1.82, 2.24) is 19.7 Å². The Morgan fingerprint density at radius 2 is 1.87 bits per heavy atom. The van der Waals surface area contributed by atoms with Crippen LogP contribution in [0.3, 0.4) is 0 Å². The van der Waals surface area contributed by atoms with E-state index in [9.17, 15) is 4.79 Å². The Kier molecular flexibility index (Phi) is 6.36. The van der Waals surface area contributed by atoms with Crippen molar-refractivity contribution in [3.63, 3.8) is 0 Å². The summed E-state index contributed by atoms with van der Waals surface area (Å²) in [5.41, 5.74) is 1.15. The van der Waals surface area contributed by atoms with Gasteiger partial charge in [-0.25, -0.2) is 4.98 Å². The molecule has 8 heteroatoms. The predicted octanol–water partition coefficient (Wildman–Crippen LogP) is 4.97. The van der Waals surface area contributed by atoms with Crippen LogP contribution in [0.1, 0.15) is 44.2 Å². The van der Waals surface area contributed by atoms with E-state index in [4.69, 9.17) is 14.2 Å². The van der Waals surface area contributed by atoms with Crippen molar-refractivity contribution in [3.8, 4) is 11.4 Å². The normalized spacial score (nSPS) is 12.2. The zero-order valence-corrected chi connectivity index (χ0v) is 18.6. The third-order valence-corrected chi connectivity index (χ3v) is 5.78. The number of thioether (sulfide) groups is 1. The van der Waals surface area contributed by atoms with Gasteiger partial charge in [-0.3, -0.25) is 9.36 Å². The summed E-state index contributed by atoms with van der Waals surface area (Å²) in [4.78, 5) is 22.8. The zero-order chi connectivity index (χ0) is 21.8. The van der Waals surface area contributed by atoms with Crippen molar-refractivity contribution in [2.24, 2.45) is 0 Å². The second kappa shape index (κ2) is 9.34. The minimum Gasteiger partial charge on any atom is -0.492 e. The Hall–Kier alpha value is -3.13. The molecular formula is C23H24N4O3S. The van der Waals surface area contributed by atoms with Gasteiger partial charge in [0.2, 0.25) is 5.89 Å². The lowest BCUT2D eigenvalue weighted by atomic mass is 10.2. The van der Waals surface area contributed by atoms with Crippen LogP contribution in [0.5, 0.6) is 5.75 Å². The molecular weight excluding hydrogens is 412 g/mol. The molecule has 2 aromatic heterocycles. The van der Waals surface area contributed by atoms with Crippen LogP contribution < -0.4 is 10.3 Å². The van der Waals surface area contributed by atoms with Crippen LogP contribution in [0.4, 0.5) is 0 Å². The maximum Gasteiger partial charge on any atom is 0.266 e. The zero-order valence-electron chi connectivity index (χ0n) is 17.7. The minimum absolute atomic E-state index is 0.148. The molecule has 0 bridgehead atoms. The lowest BCUT2D eigenvalue weighted by Crippen LogP contribution is -2.22. The average molecular weight is 437 g/mol. The first-order valence-corrected chi connectivity index (χ1v) is 11.2. The monoisotopic (exact) mass is 436 g/mol. The Morgan fingerprint density at radius 3 is 2.68 bits per heavy atom. The number of benzene rings is 2. The third kappa shape index (κ3) is 4.34. The highest BCUT2D eigenvalue weighted by Crippen LogP contribution is 2.35. The molecule has 0 unspecified atom stereocenters. The second-order valence-electron chi connectivity index (χ2n) is 7.01. The van der Waals surface area contributed by atoms with E-state index in [0.717, 1.165) is 12.8 Å². The Morgan fingerprint density at radius 1 is 1.10 bits per heavy atom. The molecule has 31 heavy (non-hydrogen) atoms. The molecule has 0 fully saturated rings. The van der Waals surface area contributed by atoms with E-state index < -0.39 is 0 Å². The van der Waals surface area contributed by atoms with E-state index in [1.165, 1.54) is 11.8 Å². The highest BCUT2D eigenvalue weighted by Gasteiger charge is 2.22. The summed E-state index contributed by atoms with van der Waals surface area (Å²) >= 11 is 1.41. The SMILES string of the molecule is CCCc1noc([C@H](C)Sc2nc3ccccc3c(=O)n2-c2ccccc2OCC)n1. The number of aryl methyl sites for hydroxylation is 1. The van der Waals surface area contributed by atoms with E-state index in [1.54, 1.807) is 10.6 Å². The number of rotatable bonds is 8. The van der Waals surface area contributed by atoms with Gasteiger partial charge in [-0.2, -0.15) is 4.98 Å². The molecule has 0 aliphatic heterocycles. The lowest BCUT2D eigenvalue weighted by Gasteiger charge is -2.17. The van der Waals surface area contributed by atoms with Gasteiger partial charge < -0.3 is 9.26 Å². The van der Waals surface area contributed by atoms with Crippen molar-refractivity contribution in [2.75, 3.05) is 6.61 Å². The van der Waals surface area contributed by atoms with Crippen molar-refractivity contribution in [1.29, 1.82) is 0 Å². The fraction of sp³-hybridized carbons (Fsp3) is 0.304. The van der Waals surface area contributed by atoms with E-state index in [2.05, 4.69) is 17.1 Å². The maximum absolute atomic E-state index is 13.5. The lowest BCUT2D eigenvalue weighted by molar-refractivity contribution is 0.338. The van der Waals surface area contributed by atoms with Crippen molar-refractivity contribution in [3.05, 3.63) is 70.6 Å². The van der Waals surface area contributed by atoms with Crippen LogP contribution >= 0.6 is 11.8 Å². The summed E-state index contributed by atoms with van der Waals surface area (Å²) in [6.07, 6.45) is 1.71. The van der Waals surface area contributed by atoms with Gasteiger partial charge in [0.25, 0.3) is 5.56 Å². The standard InChI is InChI=1S/C23H24N4O3S/c1-4-10-20-25-21(30-26-20)15(3)31-23-24-17-12-7-6-11-16(17)22(28)27(23)18-13-8-9-14-19(18)29-5-2/h6-9,11-15H,4-5,10H2,1-3H3/t15-/m0/s1. The molecule has 1 atom stereocenters. The Balaban J connectivity index is 1.84. The molecule has 0 saturated carbocycles. The van der Waals surface area contributed by atoms with Crippen molar-refractivity contribution < 1.29 is 9.26 Å². The van der Waals surface area contributed by atoms with Gasteiger partial charge >= 0.3 is 0 Å². The number of ether oxygens (including phenoxy) is 1. The summed E-state index contributed by atoms with van der Waals surface area (Å²) in [5, 5.41) is 4.95. The van der Waals surface area contributed by atoms with E-state index in [-0.39, 0.29) is 10.8 Å². The van der Waals surface area contributed by atoms with Crippen LogP contribution in [0, 0.1) is 0 Å². The fourth-order valence-electron chi connectivity index (χ4n) is 3.29. The van der Waals surface area contributed by atoms with Crippen molar-refractivity contribution in [2.45, 2.75) is 44.0 Å². The van der Waals surface area contributed by atoms with Gasteiger partial charge in [-0.1, -0.05) is 48.1 Å². The number of aromatic nitrogens is 4. The molecule has 2 heterocycles. The van der Waals surface area contributed by atoms with E-state index >= 15 is 0 Å². The highest BCUT2D eigenvalue weighted by atomic mass is 32.2. The summed E-state index contributed by atoms with van der Waals surface area (Å²) < 4.78 is 12.9. The molecule has 0 radical (unpaired) electrons. The van der Waals surface area contributed by atoms with Crippen molar-refractivity contribution >= 4 is 22.7 Å². The Bertz CT molecular complexity index is 1250.